The van der Waals surface area contributed by atoms with Gasteiger partial charge in [0.25, 0.3) is 0 Å². The average molecular weight is 209 g/mol. The summed E-state index contributed by atoms with van der Waals surface area (Å²) in [6.45, 7) is 8.62. The van der Waals surface area contributed by atoms with E-state index in [1.54, 1.807) is 0 Å². The highest BCUT2D eigenvalue weighted by atomic mass is 15.2. The first-order valence-corrected chi connectivity index (χ1v) is 6.49. The first-order chi connectivity index (χ1) is 7.28. The number of fused-ring (bicyclic) bond motifs is 3. The summed E-state index contributed by atoms with van der Waals surface area (Å²) in [6.07, 6.45) is 4.18. The Balaban J connectivity index is 1.78. The Hall–Kier alpha value is -0.120. The standard InChI is InChI=1S/C12H23N3/c1-10-7-13-9-12(14-10)4-6-15-5-2-3-11(12)8-15/h10-11,13-14H,2-9H2,1H3. The molecule has 0 aromatic heterocycles. The first kappa shape index (κ1) is 10.1. The fraction of sp³-hybridized carbons (Fsp3) is 1.00. The van der Waals surface area contributed by atoms with Crippen LogP contribution in [0.3, 0.4) is 0 Å². The van der Waals surface area contributed by atoms with E-state index in [-0.39, 0.29) is 0 Å². The van der Waals surface area contributed by atoms with Crippen LogP contribution in [0.4, 0.5) is 0 Å². The lowest BCUT2D eigenvalue weighted by molar-refractivity contribution is 0.0152. The number of piperazine rings is 1. The van der Waals surface area contributed by atoms with Crippen LogP contribution >= 0.6 is 0 Å². The zero-order chi connectivity index (χ0) is 10.3. The van der Waals surface area contributed by atoms with Crippen molar-refractivity contribution < 1.29 is 0 Å². The van der Waals surface area contributed by atoms with E-state index in [0.717, 1.165) is 12.5 Å². The van der Waals surface area contributed by atoms with E-state index >= 15 is 0 Å². The number of hydrogen-bond acceptors (Lipinski definition) is 3. The van der Waals surface area contributed by atoms with Crippen molar-refractivity contribution >= 4 is 0 Å². The van der Waals surface area contributed by atoms with Gasteiger partial charge >= 0.3 is 0 Å². The van der Waals surface area contributed by atoms with Crippen molar-refractivity contribution in [1.82, 2.24) is 15.5 Å². The number of rotatable bonds is 0. The van der Waals surface area contributed by atoms with Crippen molar-refractivity contribution in [1.29, 1.82) is 0 Å². The van der Waals surface area contributed by atoms with Crippen molar-refractivity contribution in [3.05, 3.63) is 0 Å². The van der Waals surface area contributed by atoms with E-state index in [4.69, 9.17) is 0 Å². The number of piperidine rings is 2. The molecule has 3 fully saturated rings. The minimum absolute atomic E-state index is 0.425. The molecule has 3 heterocycles. The molecule has 0 saturated carbocycles. The third kappa shape index (κ3) is 1.71. The van der Waals surface area contributed by atoms with Gasteiger partial charge in [-0.05, 0) is 45.2 Å². The van der Waals surface area contributed by atoms with E-state index in [9.17, 15) is 0 Å². The van der Waals surface area contributed by atoms with Crippen LogP contribution in [-0.4, -0.2) is 49.2 Å². The Bertz CT molecular complexity index is 243. The summed E-state index contributed by atoms with van der Waals surface area (Å²) in [6, 6.07) is 0.646. The monoisotopic (exact) mass is 209 g/mol. The third-order valence-electron chi connectivity index (χ3n) is 4.59. The summed E-state index contributed by atoms with van der Waals surface area (Å²) < 4.78 is 0. The molecule has 3 heteroatoms. The van der Waals surface area contributed by atoms with Gasteiger partial charge in [0, 0.05) is 31.2 Å². The van der Waals surface area contributed by atoms with Gasteiger partial charge in [0.1, 0.15) is 0 Å². The molecule has 0 aromatic rings. The Morgan fingerprint density at radius 1 is 1.33 bits per heavy atom. The molecule has 3 aliphatic heterocycles. The Morgan fingerprint density at radius 3 is 3.13 bits per heavy atom. The topological polar surface area (TPSA) is 27.3 Å². The van der Waals surface area contributed by atoms with Crippen molar-refractivity contribution in [2.45, 2.75) is 37.8 Å². The predicted octanol–water partition coefficient (Wildman–Crippen LogP) is 0.422. The maximum Gasteiger partial charge on any atom is 0.0361 e. The summed E-state index contributed by atoms with van der Waals surface area (Å²) >= 11 is 0. The molecule has 3 rings (SSSR count). The number of hydrogen-bond donors (Lipinski definition) is 2. The molecule has 0 radical (unpaired) electrons. The molecule has 4 atom stereocenters. The fourth-order valence-corrected chi connectivity index (χ4v) is 3.80. The molecular formula is C12H23N3. The molecule has 15 heavy (non-hydrogen) atoms. The summed E-state index contributed by atoms with van der Waals surface area (Å²) in [5.41, 5.74) is 0.425. The Morgan fingerprint density at radius 2 is 2.27 bits per heavy atom. The second-order valence-electron chi connectivity index (χ2n) is 5.72. The first-order valence-electron chi connectivity index (χ1n) is 6.49. The minimum atomic E-state index is 0.425. The molecule has 4 unspecified atom stereocenters. The molecule has 86 valence electrons. The largest absolute Gasteiger partial charge is 0.313 e. The van der Waals surface area contributed by atoms with Crippen LogP contribution in [-0.2, 0) is 0 Å². The van der Waals surface area contributed by atoms with Crippen LogP contribution in [0.15, 0.2) is 0 Å². The van der Waals surface area contributed by atoms with Gasteiger partial charge in [-0.25, -0.2) is 0 Å². The number of nitrogens with one attached hydrogen (secondary N) is 2. The molecular weight excluding hydrogens is 186 g/mol. The van der Waals surface area contributed by atoms with Crippen LogP contribution in [0.5, 0.6) is 0 Å². The van der Waals surface area contributed by atoms with E-state index < -0.39 is 0 Å². The normalized spacial score (nSPS) is 50.6. The van der Waals surface area contributed by atoms with Gasteiger partial charge in [0.2, 0.25) is 0 Å². The number of nitrogens with zero attached hydrogens (tertiary/aromatic N) is 1. The van der Waals surface area contributed by atoms with Gasteiger partial charge in [-0.2, -0.15) is 0 Å². The zero-order valence-electron chi connectivity index (χ0n) is 9.76. The van der Waals surface area contributed by atoms with E-state index in [1.807, 2.05) is 0 Å². The lowest BCUT2D eigenvalue weighted by atomic mass is 9.72. The maximum atomic E-state index is 3.90. The molecule has 0 aromatic carbocycles. The second-order valence-corrected chi connectivity index (χ2v) is 5.72. The van der Waals surface area contributed by atoms with Gasteiger partial charge in [-0.15, -0.1) is 0 Å². The van der Waals surface area contributed by atoms with Gasteiger partial charge in [0.15, 0.2) is 0 Å². The van der Waals surface area contributed by atoms with Gasteiger partial charge in [-0.3, -0.25) is 0 Å². The maximum absolute atomic E-state index is 3.90. The van der Waals surface area contributed by atoms with Crippen LogP contribution in [0.1, 0.15) is 26.2 Å². The van der Waals surface area contributed by atoms with Crippen molar-refractivity contribution in [2.75, 3.05) is 32.7 Å². The third-order valence-corrected chi connectivity index (χ3v) is 4.59. The van der Waals surface area contributed by atoms with Crippen LogP contribution in [0.2, 0.25) is 0 Å². The summed E-state index contributed by atoms with van der Waals surface area (Å²) in [5, 5.41) is 7.52. The quantitative estimate of drug-likeness (QED) is 0.605. The molecule has 2 N–H and O–H groups in total. The molecule has 0 amide bonds. The lowest BCUT2D eigenvalue weighted by Gasteiger charge is -2.54. The van der Waals surface area contributed by atoms with Gasteiger partial charge in [0.05, 0.1) is 0 Å². The van der Waals surface area contributed by atoms with E-state index in [1.165, 1.54) is 45.4 Å². The highest BCUT2D eigenvalue weighted by Crippen LogP contribution is 2.35. The van der Waals surface area contributed by atoms with Crippen molar-refractivity contribution in [3.8, 4) is 0 Å². The van der Waals surface area contributed by atoms with Gasteiger partial charge in [-0.1, -0.05) is 0 Å². The van der Waals surface area contributed by atoms with Crippen LogP contribution in [0.25, 0.3) is 0 Å². The molecule has 3 saturated heterocycles. The predicted molar refractivity (Wildman–Crippen MR) is 62.0 cm³/mol. The Kier molecular flexibility index (Phi) is 2.49. The molecule has 2 bridgehead atoms. The minimum Gasteiger partial charge on any atom is -0.313 e. The van der Waals surface area contributed by atoms with E-state index in [2.05, 4.69) is 22.5 Å². The second kappa shape index (κ2) is 3.72. The summed E-state index contributed by atoms with van der Waals surface area (Å²) in [7, 11) is 0. The summed E-state index contributed by atoms with van der Waals surface area (Å²) in [5.74, 6) is 0.884. The zero-order valence-corrected chi connectivity index (χ0v) is 9.76. The van der Waals surface area contributed by atoms with Gasteiger partial charge < -0.3 is 15.5 Å². The fourth-order valence-electron chi connectivity index (χ4n) is 3.80. The van der Waals surface area contributed by atoms with Crippen molar-refractivity contribution in [3.63, 3.8) is 0 Å². The van der Waals surface area contributed by atoms with Crippen LogP contribution < -0.4 is 10.6 Å². The highest BCUT2D eigenvalue weighted by Gasteiger charge is 2.45. The van der Waals surface area contributed by atoms with Crippen LogP contribution in [0, 0.1) is 5.92 Å². The Labute approximate surface area is 92.6 Å². The van der Waals surface area contributed by atoms with E-state index in [0.29, 0.717) is 11.6 Å². The van der Waals surface area contributed by atoms with Crippen molar-refractivity contribution in [2.24, 2.45) is 5.92 Å². The molecule has 0 aliphatic carbocycles. The smallest absolute Gasteiger partial charge is 0.0361 e. The summed E-state index contributed by atoms with van der Waals surface area (Å²) in [4.78, 5) is 2.65. The SMILES string of the molecule is CC1CNCC2(CCN3CCCC2C3)N1. The highest BCUT2D eigenvalue weighted by molar-refractivity contribution is 5.05. The molecule has 3 nitrogen and oxygen atoms in total. The molecule has 3 aliphatic rings. The lowest BCUT2D eigenvalue weighted by Crippen LogP contribution is -2.71. The molecule has 1 spiro atoms. The average Bonchev–Trinajstić information content (AvgIpc) is 2.26.